The zero-order valence-corrected chi connectivity index (χ0v) is 17.9. The summed E-state index contributed by atoms with van der Waals surface area (Å²) in [4.78, 5) is 67.8. The van der Waals surface area contributed by atoms with Gasteiger partial charge in [-0.05, 0) is 6.92 Å². The van der Waals surface area contributed by atoms with E-state index in [9.17, 15) is 24.0 Å². The van der Waals surface area contributed by atoms with Crippen LogP contribution in [0.15, 0.2) is 10.5 Å². The Morgan fingerprint density at radius 2 is 2.06 bits per heavy atom. The van der Waals surface area contributed by atoms with Gasteiger partial charge in [-0.15, -0.1) is 22.9 Å². The number of β-lactam (4-membered cyclic amide) rings is 1. The predicted octanol–water partition coefficient (Wildman–Crippen LogP) is -1.24. The minimum Gasteiger partial charge on any atom is -0.463 e. The minimum atomic E-state index is -1.27. The van der Waals surface area contributed by atoms with Crippen molar-refractivity contribution in [1.82, 2.24) is 15.6 Å². The van der Waals surface area contributed by atoms with Crippen molar-refractivity contribution in [3.05, 3.63) is 11.1 Å². The molecule has 3 amide bonds. The molecule has 0 aliphatic carbocycles. The molecular formula is C16H18ClN5O8S. The Kier molecular flexibility index (Phi) is 8.69. The number of thiazole rings is 1. The van der Waals surface area contributed by atoms with Crippen molar-refractivity contribution in [3.8, 4) is 0 Å². The van der Waals surface area contributed by atoms with Crippen LogP contribution in [0, 0.1) is 0 Å². The molecule has 168 valence electrons. The molecule has 0 aromatic carbocycles. The number of ether oxygens (including phenoxy) is 2. The van der Waals surface area contributed by atoms with Crippen molar-refractivity contribution in [1.29, 1.82) is 0 Å². The van der Waals surface area contributed by atoms with Crippen LogP contribution in [0.4, 0.5) is 5.13 Å². The first-order valence-electron chi connectivity index (χ1n) is 8.67. The van der Waals surface area contributed by atoms with Crippen LogP contribution < -0.4 is 16.0 Å². The maximum atomic E-state index is 12.6. The van der Waals surface area contributed by atoms with Crippen molar-refractivity contribution in [2.75, 3.05) is 31.5 Å². The first kappa shape index (κ1) is 24.0. The van der Waals surface area contributed by atoms with Gasteiger partial charge in [0.2, 0.25) is 11.8 Å². The highest BCUT2D eigenvalue weighted by atomic mass is 35.5. The molecule has 2 rings (SSSR count). The van der Waals surface area contributed by atoms with Gasteiger partial charge in [0, 0.05) is 5.38 Å². The SMILES string of the molecule is CCOC(=O)COC(=O)C1NC(=O)C1NC(=O)C(=NOC)c1csc(NC(=O)CCl)n1. The van der Waals surface area contributed by atoms with Crippen LogP contribution in [-0.4, -0.2) is 78.6 Å². The lowest BCUT2D eigenvalue weighted by atomic mass is 9.98. The number of carbonyl (C=O) groups excluding carboxylic acids is 5. The summed E-state index contributed by atoms with van der Waals surface area (Å²) in [6.45, 7) is 1.07. The standard InChI is InChI=1S/C16H18ClN5O8S/c1-3-29-9(24)5-30-15(27)12-11(14(26)21-12)20-13(25)10(22-28-2)7-6-31-16(18-7)19-8(23)4-17/h6,11-12H,3-5H2,1-2H3,(H,20,25)(H,21,26)(H,18,19,23). The summed E-state index contributed by atoms with van der Waals surface area (Å²) in [5, 5.41) is 12.2. The van der Waals surface area contributed by atoms with E-state index in [-0.39, 0.29) is 29.0 Å². The number of alkyl halides is 1. The molecule has 1 aliphatic heterocycles. The topological polar surface area (TPSA) is 174 Å². The lowest BCUT2D eigenvalue weighted by molar-refractivity contribution is -0.163. The Morgan fingerprint density at radius 1 is 1.32 bits per heavy atom. The number of hydrogen-bond acceptors (Lipinski definition) is 11. The van der Waals surface area contributed by atoms with Gasteiger partial charge >= 0.3 is 11.9 Å². The molecule has 0 saturated carbocycles. The molecule has 0 bridgehead atoms. The van der Waals surface area contributed by atoms with Gasteiger partial charge in [0.05, 0.1) is 6.61 Å². The summed E-state index contributed by atoms with van der Waals surface area (Å²) in [6, 6.07) is -2.47. The summed E-state index contributed by atoms with van der Waals surface area (Å²) < 4.78 is 9.40. The highest BCUT2D eigenvalue weighted by Crippen LogP contribution is 2.17. The molecule has 2 heterocycles. The molecule has 0 radical (unpaired) electrons. The summed E-state index contributed by atoms with van der Waals surface area (Å²) >= 11 is 6.42. The molecule has 1 aromatic rings. The van der Waals surface area contributed by atoms with Crippen LogP contribution >= 0.6 is 22.9 Å². The van der Waals surface area contributed by atoms with Crippen LogP contribution in [0.5, 0.6) is 0 Å². The lowest BCUT2D eigenvalue weighted by Gasteiger charge is -2.34. The second-order valence-corrected chi connectivity index (χ2v) is 6.82. The van der Waals surface area contributed by atoms with E-state index in [0.29, 0.717) is 0 Å². The number of nitrogens with one attached hydrogen (secondary N) is 3. The van der Waals surface area contributed by atoms with Crippen LogP contribution in [0.2, 0.25) is 0 Å². The highest BCUT2D eigenvalue weighted by molar-refractivity contribution is 7.14. The Balaban J connectivity index is 2.03. The molecule has 1 fully saturated rings. The number of esters is 2. The summed E-state index contributed by atoms with van der Waals surface area (Å²) in [5.74, 6) is -3.96. The van der Waals surface area contributed by atoms with E-state index in [4.69, 9.17) is 16.3 Å². The quantitative estimate of drug-likeness (QED) is 0.123. The molecule has 1 aromatic heterocycles. The van der Waals surface area contributed by atoms with Crippen molar-refractivity contribution >= 4 is 63.4 Å². The maximum absolute atomic E-state index is 12.6. The molecule has 2 atom stereocenters. The number of hydrogen-bond donors (Lipinski definition) is 3. The number of nitrogens with zero attached hydrogens (tertiary/aromatic N) is 2. The van der Waals surface area contributed by atoms with Crippen molar-refractivity contribution in [3.63, 3.8) is 0 Å². The van der Waals surface area contributed by atoms with Gasteiger partial charge in [-0.3, -0.25) is 14.4 Å². The molecule has 3 N–H and O–H groups in total. The lowest BCUT2D eigenvalue weighted by Crippen LogP contribution is -2.72. The molecule has 1 saturated heterocycles. The third kappa shape index (κ3) is 6.36. The van der Waals surface area contributed by atoms with E-state index in [1.165, 1.54) is 12.5 Å². The normalized spacial score (nSPS) is 17.6. The number of rotatable bonds is 10. The zero-order chi connectivity index (χ0) is 23.0. The molecule has 15 heteroatoms. The first-order valence-corrected chi connectivity index (χ1v) is 10.1. The molecule has 0 spiro atoms. The van der Waals surface area contributed by atoms with Gasteiger partial charge in [-0.2, -0.15) is 0 Å². The molecule has 31 heavy (non-hydrogen) atoms. The van der Waals surface area contributed by atoms with E-state index in [1.54, 1.807) is 6.92 Å². The third-order valence-electron chi connectivity index (χ3n) is 3.60. The second-order valence-electron chi connectivity index (χ2n) is 5.69. The van der Waals surface area contributed by atoms with Gasteiger partial charge in [-0.1, -0.05) is 5.16 Å². The Bertz CT molecular complexity index is 904. The van der Waals surface area contributed by atoms with Crippen LogP contribution in [0.25, 0.3) is 0 Å². The van der Waals surface area contributed by atoms with Crippen LogP contribution in [0.1, 0.15) is 12.6 Å². The Morgan fingerprint density at radius 3 is 2.68 bits per heavy atom. The van der Waals surface area contributed by atoms with E-state index < -0.39 is 48.4 Å². The number of anilines is 1. The number of halogens is 1. The third-order valence-corrected chi connectivity index (χ3v) is 4.60. The Hall–Kier alpha value is -3.26. The number of oxime groups is 1. The van der Waals surface area contributed by atoms with Gasteiger partial charge in [0.1, 0.15) is 24.7 Å². The number of carbonyl (C=O) groups is 5. The number of amides is 3. The fourth-order valence-electron chi connectivity index (χ4n) is 2.25. The van der Waals surface area contributed by atoms with Crippen LogP contribution in [-0.2, 0) is 38.3 Å². The second kappa shape index (κ2) is 11.2. The largest absolute Gasteiger partial charge is 0.463 e. The smallest absolute Gasteiger partial charge is 0.344 e. The Labute approximate surface area is 184 Å². The van der Waals surface area contributed by atoms with Crippen molar-refractivity contribution in [2.45, 2.75) is 19.0 Å². The van der Waals surface area contributed by atoms with Gasteiger partial charge in [0.25, 0.3) is 5.91 Å². The zero-order valence-electron chi connectivity index (χ0n) is 16.3. The van der Waals surface area contributed by atoms with E-state index in [0.717, 1.165) is 11.3 Å². The van der Waals surface area contributed by atoms with E-state index in [1.807, 2.05) is 0 Å². The van der Waals surface area contributed by atoms with E-state index in [2.05, 4.69) is 35.7 Å². The minimum absolute atomic E-state index is 0.0513. The fraction of sp³-hybridized carbons (Fsp3) is 0.438. The fourth-order valence-corrected chi connectivity index (χ4v) is 3.02. The van der Waals surface area contributed by atoms with Crippen LogP contribution in [0.3, 0.4) is 0 Å². The average molecular weight is 476 g/mol. The van der Waals surface area contributed by atoms with Crippen molar-refractivity contribution < 1.29 is 38.3 Å². The maximum Gasteiger partial charge on any atom is 0.344 e. The predicted molar refractivity (Wildman–Crippen MR) is 106 cm³/mol. The summed E-state index contributed by atoms with van der Waals surface area (Å²) in [5.41, 5.74) is -0.251. The van der Waals surface area contributed by atoms with Gasteiger partial charge in [0.15, 0.2) is 23.5 Å². The average Bonchev–Trinajstić information content (AvgIpc) is 3.20. The summed E-state index contributed by atoms with van der Waals surface area (Å²) in [7, 11) is 1.20. The molecule has 1 aliphatic rings. The molecule has 13 nitrogen and oxygen atoms in total. The van der Waals surface area contributed by atoms with Gasteiger partial charge in [-0.25, -0.2) is 14.6 Å². The monoisotopic (exact) mass is 475 g/mol. The van der Waals surface area contributed by atoms with E-state index >= 15 is 0 Å². The molecular weight excluding hydrogens is 458 g/mol. The highest BCUT2D eigenvalue weighted by Gasteiger charge is 2.47. The number of aromatic nitrogens is 1. The molecule has 2 unspecified atom stereocenters. The first-order chi connectivity index (χ1) is 14.8. The van der Waals surface area contributed by atoms with Crippen molar-refractivity contribution in [2.24, 2.45) is 5.16 Å². The summed E-state index contributed by atoms with van der Waals surface area (Å²) in [6.07, 6.45) is 0. The van der Waals surface area contributed by atoms with Gasteiger partial charge < -0.3 is 30.3 Å².